The molecule has 1 rings (SSSR count). The Morgan fingerprint density at radius 1 is 1.44 bits per heavy atom. The molecule has 0 aliphatic rings. The second-order valence-electron chi connectivity index (χ2n) is 4.23. The van der Waals surface area contributed by atoms with E-state index in [1.807, 2.05) is 25.1 Å². The van der Waals surface area contributed by atoms with Crippen LogP contribution in [0.3, 0.4) is 0 Å². The number of hydrogen-bond acceptors (Lipinski definition) is 4. The molecular weight excluding hydrogens is 298 g/mol. The summed E-state index contributed by atoms with van der Waals surface area (Å²) in [5.74, 6) is 0.211. The van der Waals surface area contributed by atoms with E-state index in [4.69, 9.17) is 10.5 Å². The lowest BCUT2D eigenvalue weighted by atomic mass is 10.1. The monoisotopic (exact) mass is 315 g/mol. The van der Waals surface area contributed by atoms with E-state index in [1.54, 1.807) is 6.92 Å². The number of rotatable bonds is 5. The molecule has 0 fully saturated rings. The van der Waals surface area contributed by atoms with Gasteiger partial charge >= 0.3 is 5.97 Å². The number of halogens is 1. The summed E-state index contributed by atoms with van der Waals surface area (Å²) in [6.45, 7) is 3.60. The second-order valence-corrected chi connectivity index (χ2v) is 5.08. The molecule has 0 spiro atoms. The van der Waals surface area contributed by atoms with Gasteiger partial charge in [0, 0.05) is 6.04 Å². The Kier molecular flexibility index (Phi) is 5.62. The second kappa shape index (κ2) is 6.75. The molecule has 0 aromatic heterocycles. The Labute approximate surface area is 116 Å². The Morgan fingerprint density at radius 3 is 2.61 bits per heavy atom. The van der Waals surface area contributed by atoms with Crippen LogP contribution in [-0.4, -0.2) is 25.2 Å². The highest BCUT2D eigenvalue weighted by molar-refractivity contribution is 9.10. The van der Waals surface area contributed by atoms with Gasteiger partial charge in [0.1, 0.15) is 5.75 Å². The Balaban J connectivity index is 2.76. The highest BCUT2D eigenvalue weighted by Gasteiger charge is 2.16. The van der Waals surface area contributed by atoms with E-state index in [-0.39, 0.29) is 6.04 Å². The summed E-state index contributed by atoms with van der Waals surface area (Å²) in [7, 11) is 1.34. The molecular formula is C13H18BrNO3. The van der Waals surface area contributed by atoms with E-state index >= 15 is 0 Å². The molecule has 0 aliphatic heterocycles. The summed E-state index contributed by atoms with van der Waals surface area (Å²) in [5, 5.41) is 0. The van der Waals surface area contributed by atoms with Crippen LogP contribution in [0.5, 0.6) is 5.75 Å². The minimum absolute atomic E-state index is 0.109. The van der Waals surface area contributed by atoms with Gasteiger partial charge in [-0.05, 0) is 53.9 Å². The zero-order valence-electron chi connectivity index (χ0n) is 10.8. The van der Waals surface area contributed by atoms with Gasteiger partial charge in [0.2, 0.25) is 0 Å². The first kappa shape index (κ1) is 15.0. The summed E-state index contributed by atoms with van der Waals surface area (Å²) in [5.41, 5.74) is 6.86. The molecule has 0 amide bonds. The van der Waals surface area contributed by atoms with E-state index in [2.05, 4.69) is 20.7 Å². The fourth-order valence-electron chi connectivity index (χ4n) is 1.54. The van der Waals surface area contributed by atoms with Gasteiger partial charge in [0.15, 0.2) is 6.10 Å². The minimum Gasteiger partial charge on any atom is -0.478 e. The highest BCUT2D eigenvalue weighted by Crippen LogP contribution is 2.27. The third-order valence-corrected chi connectivity index (χ3v) is 3.01. The maximum atomic E-state index is 11.3. The lowest BCUT2D eigenvalue weighted by Gasteiger charge is -2.14. The van der Waals surface area contributed by atoms with Crippen molar-refractivity contribution in [3.63, 3.8) is 0 Å². The fourth-order valence-corrected chi connectivity index (χ4v) is 2.06. The van der Waals surface area contributed by atoms with Crippen LogP contribution >= 0.6 is 15.9 Å². The molecule has 5 heteroatoms. The SMILES string of the molecule is COC(=O)C(C)Oc1ccc(CC(C)N)cc1Br. The molecule has 1 aromatic rings. The Hall–Kier alpha value is -1.07. The van der Waals surface area contributed by atoms with E-state index in [9.17, 15) is 4.79 Å². The van der Waals surface area contributed by atoms with Gasteiger partial charge < -0.3 is 15.2 Å². The highest BCUT2D eigenvalue weighted by atomic mass is 79.9. The zero-order chi connectivity index (χ0) is 13.7. The van der Waals surface area contributed by atoms with Crippen molar-refractivity contribution in [3.05, 3.63) is 28.2 Å². The van der Waals surface area contributed by atoms with Gasteiger partial charge in [-0.25, -0.2) is 4.79 Å². The molecule has 2 N–H and O–H groups in total. The predicted octanol–water partition coefficient (Wildman–Crippen LogP) is 2.28. The summed E-state index contributed by atoms with van der Waals surface area (Å²) >= 11 is 3.42. The smallest absolute Gasteiger partial charge is 0.346 e. The molecule has 0 bridgehead atoms. The van der Waals surface area contributed by atoms with E-state index in [0.717, 1.165) is 16.5 Å². The van der Waals surface area contributed by atoms with Crippen molar-refractivity contribution in [2.45, 2.75) is 32.4 Å². The standard InChI is InChI=1S/C13H18BrNO3/c1-8(15)6-10-4-5-12(11(14)7-10)18-9(2)13(16)17-3/h4-5,7-9H,6,15H2,1-3H3. The van der Waals surface area contributed by atoms with Crippen molar-refractivity contribution < 1.29 is 14.3 Å². The number of methoxy groups -OCH3 is 1. The van der Waals surface area contributed by atoms with Crippen molar-refractivity contribution in [2.75, 3.05) is 7.11 Å². The van der Waals surface area contributed by atoms with Gasteiger partial charge in [-0.15, -0.1) is 0 Å². The molecule has 4 nitrogen and oxygen atoms in total. The summed E-state index contributed by atoms with van der Waals surface area (Å²) in [6.07, 6.45) is 0.163. The number of carbonyl (C=O) groups excluding carboxylic acids is 1. The van der Waals surface area contributed by atoms with Crippen molar-refractivity contribution in [1.29, 1.82) is 0 Å². The van der Waals surface area contributed by atoms with Gasteiger partial charge in [0.05, 0.1) is 11.6 Å². The van der Waals surface area contributed by atoms with Gasteiger partial charge in [-0.1, -0.05) is 6.07 Å². The summed E-state index contributed by atoms with van der Waals surface area (Å²) in [6, 6.07) is 5.81. The lowest BCUT2D eigenvalue weighted by molar-refractivity contribution is -0.147. The van der Waals surface area contributed by atoms with Crippen LogP contribution in [0, 0.1) is 0 Å². The van der Waals surface area contributed by atoms with Crippen LogP contribution in [0.4, 0.5) is 0 Å². The van der Waals surface area contributed by atoms with Gasteiger partial charge in [-0.2, -0.15) is 0 Å². The molecule has 100 valence electrons. The number of benzene rings is 1. The van der Waals surface area contributed by atoms with Crippen LogP contribution < -0.4 is 10.5 Å². The zero-order valence-corrected chi connectivity index (χ0v) is 12.4. The first-order valence-electron chi connectivity index (χ1n) is 5.72. The minimum atomic E-state index is -0.634. The van der Waals surface area contributed by atoms with Crippen LogP contribution in [0.25, 0.3) is 0 Å². The first-order valence-corrected chi connectivity index (χ1v) is 6.51. The maximum Gasteiger partial charge on any atom is 0.346 e. The van der Waals surface area contributed by atoms with E-state index < -0.39 is 12.1 Å². The molecule has 18 heavy (non-hydrogen) atoms. The molecule has 0 aliphatic carbocycles. The Morgan fingerprint density at radius 2 is 2.11 bits per heavy atom. The van der Waals surface area contributed by atoms with E-state index in [1.165, 1.54) is 7.11 Å². The molecule has 0 heterocycles. The number of carbonyl (C=O) groups is 1. The third-order valence-electron chi connectivity index (χ3n) is 2.39. The first-order chi connectivity index (χ1) is 8.43. The van der Waals surface area contributed by atoms with Crippen LogP contribution in [0.15, 0.2) is 22.7 Å². The predicted molar refractivity (Wildman–Crippen MR) is 73.6 cm³/mol. The van der Waals surface area contributed by atoms with E-state index in [0.29, 0.717) is 5.75 Å². The fraction of sp³-hybridized carbons (Fsp3) is 0.462. The molecule has 0 radical (unpaired) electrons. The molecule has 0 saturated carbocycles. The summed E-state index contributed by atoms with van der Waals surface area (Å²) in [4.78, 5) is 11.3. The number of esters is 1. The quantitative estimate of drug-likeness (QED) is 0.847. The average molecular weight is 316 g/mol. The molecule has 1 aromatic carbocycles. The molecule has 2 atom stereocenters. The topological polar surface area (TPSA) is 61.5 Å². The van der Waals surface area contributed by atoms with Crippen LogP contribution in [-0.2, 0) is 16.0 Å². The Bertz CT molecular complexity index is 421. The van der Waals surface area contributed by atoms with Crippen molar-refractivity contribution >= 4 is 21.9 Å². The molecule has 0 saturated heterocycles. The van der Waals surface area contributed by atoms with Gasteiger partial charge in [-0.3, -0.25) is 0 Å². The average Bonchev–Trinajstić information content (AvgIpc) is 2.30. The van der Waals surface area contributed by atoms with Crippen molar-refractivity contribution in [1.82, 2.24) is 0 Å². The number of ether oxygens (including phenoxy) is 2. The largest absolute Gasteiger partial charge is 0.478 e. The van der Waals surface area contributed by atoms with Crippen LogP contribution in [0.2, 0.25) is 0 Å². The van der Waals surface area contributed by atoms with Crippen LogP contribution in [0.1, 0.15) is 19.4 Å². The van der Waals surface area contributed by atoms with Crippen molar-refractivity contribution in [2.24, 2.45) is 5.73 Å². The maximum absolute atomic E-state index is 11.3. The normalized spacial score (nSPS) is 13.8. The number of nitrogens with two attached hydrogens (primary N) is 1. The van der Waals surface area contributed by atoms with Crippen molar-refractivity contribution in [3.8, 4) is 5.75 Å². The lowest BCUT2D eigenvalue weighted by Crippen LogP contribution is -2.25. The third kappa shape index (κ3) is 4.31. The van der Waals surface area contributed by atoms with Gasteiger partial charge in [0.25, 0.3) is 0 Å². The molecule has 2 unspecified atom stereocenters. The number of hydrogen-bond donors (Lipinski definition) is 1. The summed E-state index contributed by atoms with van der Waals surface area (Å²) < 4.78 is 10.9.